The van der Waals surface area contributed by atoms with E-state index in [9.17, 15) is 14.4 Å². The van der Waals surface area contributed by atoms with Crippen LogP contribution in [0.1, 0.15) is 43.7 Å². The van der Waals surface area contributed by atoms with Gasteiger partial charge in [-0.3, -0.25) is 19.4 Å². The Hall–Kier alpha value is -2.45. The largest absolute Gasteiger partial charge is 0.379 e. The molecule has 2 N–H and O–H groups in total. The molecule has 31 heavy (non-hydrogen) atoms. The minimum absolute atomic E-state index is 0.0813. The molecule has 3 fully saturated rings. The lowest BCUT2D eigenvalue weighted by molar-refractivity contribution is -0.137. The Morgan fingerprint density at radius 3 is 2.68 bits per heavy atom. The molecule has 4 rings (SSSR count). The number of urea groups is 1. The second kappa shape index (κ2) is 9.36. The zero-order valence-electron chi connectivity index (χ0n) is 18.2. The van der Waals surface area contributed by atoms with Gasteiger partial charge in [0, 0.05) is 26.2 Å². The van der Waals surface area contributed by atoms with E-state index < -0.39 is 11.6 Å². The Kier molecular flexibility index (Phi) is 6.57. The smallest absolute Gasteiger partial charge is 0.325 e. The number of carbonyl (C=O) groups excluding carboxylic acids is 3. The molecule has 1 aromatic carbocycles. The predicted octanol–water partition coefficient (Wildman–Crippen LogP) is 1.64. The Balaban J connectivity index is 1.34. The Morgan fingerprint density at radius 1 is 1.19 bits per heavy atom. The van der Waals surface area contributed by atoms with Crippen LogP contribution in [0, 0.1) is 5.92 Å². The normalized spacial score (nSPS) is 26.9. The molecule has 8 nitrogen and oxygen atoms in total. The fourth-order valence-corrected chi connectivity index (χ4v) is 4.92. The fourth-order valence-electron chi connectivity index (χ4n) is 4.92. The van der Waals surface area contributed by atoms with Crippen LogP contribution in [0.25, 0.3) is 0 Å². The number of nitrogens with one attached hydrogen (secondary N) is 2. The summed E-state index contributed by atoms with van der Waals surface area (Å²) in [6, 6.07) is 7.57. The number of ether oxygens (including phenoxy) is 1. The molecular weight excluding hydrogens is 396 g/mol. The van der Waals surface area contributed by atoms with E-state index in [1.54, 1.807) is 0 Å². The van der Waals surface area contributed by atoms with E-state index >= 15 is 0 Å². The maximum absolute atomic E-state index is 13.0. The van der Waals surface area contributed by atoms with Crippen molar-refractivity contribution in [3.8, 4) is 0 Å². The number of nitrogens with zero attached hydrogens (tertiary/aromatic N) is 2. The van der Waals surface area contributed by atoms with Crippen LogP contribution in [-0.2, 0) is 27.4 Å². The lowest BCUT2D eigenvalue weighted by Gasteiger charge is -2.36. The molecule has 1 spiro atoms. The maximum Gasteiger partial charge on any atom is 0.325 e. The van der Waals surface area contributed by atoms with Gasteiger partial charge in [-0.05, 0) is 29.9 Å². The van der Waals surface area contributed by atoms with Gasteiger partial charge in [-0.15, -0.1) is 0 Å². The van der Waals surface area contributed by atoms with E-state index in [-0.39, 0.29) is 24.3 Å². The summed E-state index contributed by atoms with van der Waals surface area (Å²) in [5.41, 5.74) is 1.37. The van der Waals surface area contributed by atoms with Crippen molar-refractivity contribution in [2.75, 3.05) is 32.8 Å². The van der Waals surface area contributed by atoms with Crippen molar-refractivity contribution < 1.29 is 19.1 Å². The number of rotatable bonds is 6. The van der Waals surface area contributed by atoms with Gasteiger partial charge in [-0.1, -0.05) is 44.0 Å². The minimum atomic E-state index is -0.833. The highest BCUT2D eigenvalue weighted by atomic mass is 16.5. The van der Waals surface area contributed by atoms with E-state index in [2.05, 4.69) is 21.6 Å². The van der Waals surface area contributed by atoms with E-state index in [1.165, 1.54) is 0 Å². The molecule has 168 valence electrons. The Morgan fingerprint density at radius 2 is 1.94 bits per heavy atom. The molecule has 0 aromatic heterocycles. The van der Waals surface area contributed by atoms with Crippen molar-refractivity contribution in [1.29, 1.82) is 0 Å². The molecule has 0 unspecified atom stereocenters. The number of amides is 4. The van der Waals surface area contributed by atoms with Gasteiger partial charge in [-0.2, -0.15) is 0 Å². The summed E-state index contributed by atoms with van der Waals surface area (Å²) in [6.45, 7) is 6.21. The van der Waals surface area contributed by atoms with Gasteiger partial charge in [0.1, 0.15) is 12.1 Å². The number of imide groups is 1. The summed E-state index contributed by atoms with van der Waals surface area (Å²) in [7, 11) is 0. The van der Waals surface area contributed by atoms with Crippen molar-refractivity contribution in [3.63, 3.8) is 0 Å². The van der Waals surface area contributed by atoms with Crippen molar-refractivity contribution in [3.05, 3.63) is 35.4 Å². The van der Waals surface area contributed by atoms with Gasteiger partial charge in [-0.25, -0.2) is 4.79 Å². The maximum atomic E-state index is 13.0. The van der Waals surface area contributed by atoms with Crippen LogP contribution in [0.3, 0.4) is 0 Å². The molecule has 2 atom stereocenters. The van der Waals surface area contributed by atoms with Crippen LogP contribution in [0.5, 0.6) is 0 Å². The standard InChI is InChI=1S/C23H32N4O4/c1-17-6-4-5-9-23(17)21(29)27(22(30)25-23)16-20(28)24-14-18-7-2-3-8-19(18)15-26-10-12-31-13-11-26/h2-3,7-8,17H,4-6,9-16H2,1H3,(H,24,28)(H,25,30)/t17-,23+/m0/s1. The number of carbonyl (C=O) groups is 3. The van der Waals surface area contributed by atoms with Gasteiger partial charge in [0.15, 0.2) is 0 Å². The van der Waals surface area contributed by atoms with Crippen molar-refractivity contribution in [2.24, 2.45) is 5.92 Å². The van der Waals surface area contributed by atoms with E-state index in [0.717, 1.165) is 68.1 Å². The van der Waals surface area contributed by atoms with Gasteiger partial charge < -0.3 is 15.4 Å². The van der Waals surface area contributed by atoms with E-state index in [0.29, 0.717) is 13.0 Å². The van der Waals surface area contributed by atoms with Crippen molar-refractivity contribution in [2.45, 2.75) is 51.2 Å². The quantitative estimate of drug-likeness (QED) is 0.672. The second-order valence-corrected chi connectivity index (χ2v) is 8.87. The first-order valence-corrected chi connectivity index (χ1v) is 11.3. The highest BCUT2D eigenvalue weighted by Crippen LogP contribution is 2.38. The third-order valence-electron chi connectivity index (χ3n) is 6.90. The zero-order chi connectivity index (χ0) is 21.8. The molecule has 1 aliphatic carbocycles. The van der Waals surface area contributed by atoms with E-state index in [4.69, 9.17) is 4.74 Å². The third-order valence-corrected chi connectivity index (χ3v) is 6.90. The molecule has 2 aliphatic heterocycles. The summed E-state index contributed by atoms with van der Waals surface area (Å²) in [4.78, 5) is 41.5. The zero-order valence-corrected chi connectivity index (χ0v) is 18.2. The minimum Gasteiger partial charge on any atom is -0.379 e. The van der Waals surface area contributed by atoms with Gasteiger partial charge in [0.25, 0.3) is 5.91 Å². The first-order valence-electron chi connectivity index (χ1n) is 11.3. The molecular formula is C23H32N4O4. The third kappa shape index (κ3) is 4.60. The molecule has 4 amide bonds. The molecule has 1 aromatic rings. The lowest BCUT2D eigenvalue weighted by atomic mass is 9.73. The summed E-state index contributed by atoms with van der Waals surface area (Å²) in [5, 5.41) is 5.79. The molecule has 1 saturated carbocycles. The average Bonchev–Trinajstić information content (AvgIpc) is 3.01. The highest BCUT2D eigenvalue weighted by Gasteiger charge is 2.55. The summed E-state index contributed by atoms with van der Waals surface area (Å²) >= 11 is 0. The molecule has 2 heterocycles. The lowest BCUT2D eigenvalue weighted by Crippen LogP contribution is -2.54. The summed E-state index contributed by atoms with van der Waals surface area (Å²) in [5.74, 6) is -0.504. The van der Waals surface area contributed by atoms with E-state index in [1.807, 2.05) is 25.1 Å². The monoisotopic (exact) mass is 428 g/mol. The topological polar surface area (TPSA) is 91.0 Å². The molecule has 0 bridgehead atoms. The van der Waals surface area contributed by atoms with Crippen LogP contribution in [0.4, 0.5) is 4.79 Å². The summed E-state index contributed by atoms with van der Waals surface area (Å²) < 4.78 is 5.41. The fraction of sp³-hybridized carbons (Fsp3) is 0.609. The van der Waals surface area contributed by atoms with Gasteiger partial charge in [0.2, 0.25) is 5.91 Å². The number of morpholine rings is 1. The van der Waals surface area contributed by atoms with Crippen molar-refractivity contribution in [1.82, 2.24) is 20.4 Å². The van der Waals surface area contributed by atoms with Crippen LogP contribution in [0.2, 0.25) is 0 Å². The first-order chi connectivity index (χ1) is 15.0. The number of hydrogen-bond acceptors (Lipinski definition) is 5. The highest BCUT2D eigenvalue weighted by molar-refractivity contribution is 6.09. The van der Waals surface area contributed by atoms with Crippen molar-refractivity contribution >= 4 is 17.8 Å². The van der Waals surface area contributed by atoms with Crippen LogP contribution in [-0.4, -0.2) is 66.0 Å². The SMILES string of the molecule is C[C@H]1CCCC[C@@]12NC(=O)N(CC(=O)NCc1ccccc1CN1CCOCC1)C2=O. The molecule has 2 saturated heterocycles. The molecule has 3 aliphatic rings. The van der Waals surface area contributed by atoms with Gasteiger partial charge in [0.05, 0.1) is 13.2 Å². The average molecular weight is 429 g/mol. The Bertz CT molecular complexity index is 839. The van der Waals surface area contributed by atoms with Crippen LogP contribution >= 0.6 is 0 Å². The first kappa shape index (κ1) is 21.8. The van der Waals surface area contributed by atoms with Crippen LogP contribution in [0.15, 0.2) is 24.3 Å². The van der Waals surface area contributed by atoms with Crippen LogP contribution < -0.4 is 10.6 Å². The van der Waals surface area contributed by atoms with Gasteiger partial charge >= 0.3 is 6.03 Å². The number of benzene rings is 1. The predicted molar refractivity (Wildman–Crippen MR) is 115 cm³/mol. The molecule has 8 heteroatoms. The Labute approximate surface area is 183 Å². The second-order valence-electron chi connectivity index (χ2n) is 8.87. The molecule has 0 radical (unpaired) electrons. The summed E-state index contributed by atoms with van der Waals surface area (Å²) in [6.07, 6.45) is 3.53. The number of hydrogen-bond donors (Lipinski definition) is 2.